The Morgan fingerprint density at radius 3 is 2.34 bits per heavy atom. The van der Waals surface area contributed by atoms with Gasteiger partial charge in [-0.05, 0) is 49.6 Å². The predicted octanol–water partition coefficient (Wildman–Crippen LogP) is 2.33. The van der Waals surface area contributed by atoms with Gasteiger partial charge in [-0.25, -0.2) is 4.39 Å². The largest absolute Gasteiger partial charge is 0.466 e. The monoisotopic (exact) mass is 399 g/mol. The summed E-state index contributed by atoms with van der Waals surface area (Å²) in [6, 6.07) is 10.2. The van der Waals surface area contributed by atoms with Crippen LogP contribution in [0.3, 0.4) is 0 Å². The molecule has 1 amide bonds. The number of carbonyl (C=O) groups is 1. The molecule has 7 nitrogen and oxygen atoms in total. The number of halogens is 1. The third-order valence-electron chi connectivity index (χ3n) is 5.44. The molecule has 2 aliphatic heterocycles. The van der Waals surface area contributed by atoms with E-state index in [9.17, 15) is 9.18 Å². The Labute approximate surface area is 170 Å². The Balaban J connectivity index is 1.27. The minimum Gasteiger partial charge on any atom is -0.466 e. The Kier molecular flexibility index (Phi) is 6.07. The van der Waals surface area contributed by atoms with Crippen molar-refractivity contribution in [1.29, 1.82) is 0 Å². The van der Waals surface area contributed by atoms with Crippen LogP contribution in [-0.4, -0.2) is 66.9 Å². The van der Waals surface area contributed by atoms with Crippen molar-refractivity contribution in [2.24, 2.45) is 0 Å². The molecule has 4 rings (SSSR count). The molecule has 0 atom stereocenters. The maximum absolute atomic E-state index is 13.1. The second-order valence-electron chi connectivity index (χ2n) is 7.41. The molecule has 0 spiro atoms. The summed E-state index contributed by atoms with van der Waals surface area (Å²) in [5.74, 6) is 0.920. The summed E-state index contributed by atoms with van der Waals surface area (Å²) in [5.41, 5.74) is 0.977. The molecule has 1 aromatic heterocycles. The van der Waals surface area contributed by atoms with E-state index in [1.165, 1.54) is 25.0 Å². The summed E-state index contributed by atoms with van der Waals surface area (Å²) < 4.78 is 18.7. The zero-order chi connectivity index (χ0) is 20.1. The molecule has 2 fully saturated rings. The number of amides is 1. The van der Waals surface area contributed by atoms with E-state index in [0.29, 0.717) is 25.5 Å². The number of benzene rings is 1. The van der Waals surface area contributed by atoms with E-state index in [2.05, 4.69) is 20.0 Å². The number of carbonyl (C=O) groups excluding carboxylic acids is 1. The SMILES string of the molecule is O=C(COc1ccc(N2CCCC2)nn1)N1CCCN(c2ccc(F)cc2)CC1. The van der Waals surface area contributed by atoms with Crippen LogP contribution < -0.4 is 14.5 Å². The molecular formula is C21H26FN5O2. The average Bonchev–Trinajstić information content (AvgIpc) is 3.18. The van der Waals surface area contributed by atoms with Crippen LogP contribution in [0.5, 0.6) is 5.88 Å². The highest BCUT2D eigenvalue weighted by molar-refractivity contribution is 5.77. The number of anilines is 2. The summed E-state index contributed by atoms with van der Waals surface area (Å²) in [4.78, 5) is 18.8. The van der Waals surface area contributed by atoms with Crippen LogP contribution in [0.1, 0.15) is 19.3 Å². The van der Waals surface area contributed by atoms with E-state index in [4.69, 9.17) is 4.74 Å². The molecule has 8 heteroatoms. The standard InChI is InChI=1S/C21H26FN5O2/c22-17-4-6-18(7-5-17)25-12-3-13-27(15-14-25)21(28)16-29-20-9-8-19(23-24-20)26-10-1-2-11-26/h4-9H,1-3,10-16H2. The van der Waals surface area contributed by atoms with Crippen molar-refractivity contribution in [3.8, 4) is 5.88 Å². The number of nitrogens with zero attached hydrogens (tertiary/aromatic N) is 5. The Hall–Kier alpha value is -2.90. The molecule has 1 aromatic carbocycles. The van der Waals surface area contributed by atoms with E-state index >= 15 is 0 Å². The highest BCUT2D eigenvalue weighted by Crippen LogP contribution is 2.19. The van der Waals surface area contributed by atoms with Gasteiger partial charge in [-0.1, -0.05) is 0 Å². The average molecular weight is 399 g/mol. The molecule has 0 unspecified atom stereocenters. The molecule has 3 heterocycles. The minimum atomic E-state index is -0.242. The fourth-order valence-electron chi connectivity index (χ4n) is 3.81. The molecule has 154 valence electrons. The van der Waals surface area contributed by atoms with Gasteiger partial charge in [0.15, 0.2) is 12.4 Å². The van der Waals surface area contributed by atoms with Gasteiger partial charge in [-0.3, -0.25) is 4.79 Å². The Bertz CT molecular complexity index is 809. The number of ether oxygens (including phenoxy) is 1. The smallest absolute Gasteiger partial charge is 0.260 e. The van der Waals surface area contributed by atoms with Crippen molar-refractivity contribution in [1.82, 2.24) is 15.1 Å². The first-order valence-corrected chi connectivity index (χ1v) is 10.2. The van der Waals surface area contributed by atoms with E-state index in [-0.39, 0.29) is 18.3 Å². The summed E-state index contributed by atoms with van der Waals surface area (Å²) in [5, 5.41) is 8.30. The first-order chi connectivity index (χ1) is 14.2. The molecular weight excluding hydrogens is 373 g/mol. The zero-order valence-corrected chi connectivity index (χ0v) is 16.5. The fraction of sp³-hybridized carbons (Fsp3) is 0.476. The van der Waals surface area contributed by atoms with Crippen LogP contribution >= 0.6 is 0 Å². The van der Waals surface area contributed by atoms with Crippen LogP contribution in [0, 0.1) is 5.82 Å². The van der Waals surface area contributed by atoms with Crippen molar-refractivity contribution in [2.45, 2.75) is 19.3 Å². The van der Waals surface area contributed by atoms with Crippen LogP contribution in [0.25, 0.3) is 0 Å². The first-order valence-electron chi connectivity index (χ1n) is 10.2. The van der Waals surface area contributed by atoms with Gasteiger partial charge in [0.05, 0.1) is 0 Å². The third kappa shape index (κ3) is 4.93. The van der Waals surface area contributed by atoms with Gasteiger partial charge in [0.1, 0.15) is 5.82 Å². The lowest BCUT2D eigenvalue weighted by Crippen LogP contribution is -2.38. The lowest BCUT2D eigenvalue weighted by atomic mass is 10.2. The zero-order valence-electron chi connectivity index (χ0n) is 16.5. The maximum atomic E-state index is 13.1. The molecule has 0 N–H and O–H groups in total. The van der Waals surface area contributed by atoms with Crippen molar-refractivity contribution >= 4 is 17.4 Å². The topological polar surface area (TPSA) is 61.8 Å². The van der Waals surface area contributed by atoms with Gasteiger partial charge < -0.3 is 19.4 Å². The van der Waals surface area contributed by atoms with Gasteiger partial charge >= 0.3 is 0 Å². The highest BCUT2D eigenvalue weighted by Gasteiger charge is 2.20. The lowest BCUT2D eigenvalue weighted by Gasteiger charge is -2.23. The quantitative estimate of drug-likeness (QED) is 0.769. The number of hydrogen-bond donors (Lipinski definition) is 0. The van der Waals surface area contributed by atoms with Crippen molar-refractivity contribution < 1.29 is 13.9 Å². The third-order valence-corrected chi connectivity index (χ3v) is 5.44. The van der Waals surface area contributed by atoms with Gasteiger partial charge in [0.2, 0.25) is 5.88 Å². The number of aromatic nitrogens is 2. The van der Waals surface area contributed by atoms with Crippen LogP contribution in [0.15, 0.2) is 36.4 Å². The van der Waals surface area contributed by atoms with Crippen LogP contribution in [0.4, 0.5) is 15.9 Å². The van der Waals surface area contributed by atoms with E-state index in [1.807, 2.05) is 11.0 Å². The molecule has 2 aliphatic rings. The van der Waals surface area contributed by atoms with Gasteiger partial charge in [0.25, 0.3) is 5.91 Å². The Morgan fingerprint density at radius 2 is 1.62 bits per heavy atom. The molecule has 29 heavy (non-hydrogen) atoms. The molecule has 0 radical (unpaired) electrons. The van der Waals surface area contributed by atoms with Gasteiger partial charge in [-0.15, -0.1) is 10.2 Å². The second kappa shape index (κ2) is 9.07. The molecule has 0 aliphatic carbocycles. The van der Waals surface area contributed by atoms with Crippen LogP contribution in [-0.2, 0) is 4.79 Å². The summed E-state index contributed by atoms with van der Waals surface area (Å²) >= 11 is 0. The summed E-state index contributed by atoms with van der Waals surface area (Å²) in [6.45, 7) is 4.81. The molecule has 0 saturated carbocycles. The fourth-order valence-corrected chi connectivity index (χ4v) is 3.81. The number of rotatable bonds is 5. The molecule has 2 aromatic rings. The Morgan fingerprint density at radius 1 is 0.862 bits per heavy atom. The maximum Gasteiger partial charge on any atom is 0.260 e. The minimum absolute atomic E-state index is 0.0473. The van der Waals surface area contributed by atoms with Gasteiger partial charge in [-0.2, -0.15) is 0 Å². The number of hydrogen-bond acceptors (Lipinski definition) is 6. The summed E-state index contributed by atoms with van der Waals surface area (Å²) in [6.07, 6.45) is 3.22. The second-order valence-corrected chi connectivity index (χ2v) is 7.41. The van der Waals surface area contributed by atoms with Crippen molar-refractivity contribution in [3.05, 3.63) is 42.2 Å². The summed E-state index contributed by atoms with van der Waals surface area (Å²) in [7, 11) is 0. The van der Waals surface area contributed by atoms with E-state index in [1.54, 1.807) is 18.2 Å². The predicted molar refractivity (Wildman–Crippen MR) is 109 cm³/mol. The van der Waals surface area contributed by atoms with Gasteiger partial charge in [0, 0.05) is 51.0 Å². The van der Waals surface area contributed by atoms with E-state index in [0.717, 1.165) is 37.6 Å². The first kappa shape index (κ1) is 19.4. The van der Waals surface area contributed by atoms with E-state index < -0.39 is 0 Å². The lowest BCUT2D eigenvalue weighted by molar-refractivity contribution is -0.133. The van der Waals surface area contributed by atoms with Crippen LogP contribution in [0.2, 0.25) is 0 Å². The molecule has 0 bridgehead atoms. The molecule has 2 saturated heterocycles. The highest BCUT2D eigenvalue weighted by atomic mass is 19.1. The van der Waals surface area contributed by atoms with Crippen molar-refractivity contribution in [2.75, 3.05) is 55.7 Å². The van der Waals surface area contributed by atoms with Crippen molar-refractivity contribution in [3.63, 3.8) is 0 Å². The normalized spacial score (nSPS) is 17.3.